The fourth-order valence-electron chi connectivity index (χ4n) is 2.84. The Labute approximate surface area is 155 Å². The highest BCUT2D eigenvalue weighted by atomic mass is 16.6. The van der Waals surface area contributed by atoms with E-state index in [0.717, 1.165) is 5.59 Å². The van der Waals surface area contributed by atoms with Gasteiger partial charge in [-0.25, -0.2) is 0 Å². The van der Waals surface area contributed by atoms with Gasteiger partial charge in [-0.15, -0.1) is 0 Å². The van der Waals surface area contributed by atoms with Gasteiger partial charge in [0.1, 0.15) is 0 Å². The van der Waals surface area contributed by atoms with Crippen LogP contribution in [-0.2, 0) is 16.0 Å². The quantitative estimate of drug-likeness (QED) is 0.308. The van der Waals surface area contributed by atoms with Crippen LogP contribution in [0.25, 0.3) is 10.9 Å². The summed E-state index contributed by atoms with van der Waals surface area (Å²) in [6, 6.07) is 9.89. The van der Waals surface area contributed by atoms with Crippen LogP contribution in [0.3, 0.4) is 0 Å². The monoisotopic (exact) mass is 368 g/mol. The molecule has 9 heteroatoms. The first-order chi connectivity index (χ1) is 12.9. The first-order valence-electron chi connectivity index (χ1n) is 8.11. The highest BCUT2D eigenvalue weighted by molar-refractivity contribution is 6.32. The molecule has 0 aliphatic carbocycles. The molecule has 1 aromatic heterocycles. The van der Waals surface area contributed by atoms with E-state index in [1.165, 1.54) is 20.3 Å². The summed E-state index contributed by atoms with van der Waals surface area (Å²) in [6.07, 6.45) is 0.0852. The van der Waals surface area contributed by atoms with Crippen LogP contribution in [-0.4, -0.2) is 37.9 Å². The van der Waals surface area contributed by atoms with E-state index >= 15 is 0 Å². The summed E-state index contributed by atoms with van der Waals surface area (Å²) < 4.78 is 15.8. The highest BCUT2D eigenvalue weighted by Crippen LogP contribution is 2.40. The third kappa shape index (κ3) is 3.71. The third-order valence-electron chi connectivity index (χ3n) is 4.08. The Kier molecular flexibility index (Phi) is 5.02. The number of benzene rings is 2. The fraction of sp³-hybridized carbons (Fsp3) is 0.167. The van der Waals surface area contributed by atoms with Gasteiger partial charge in [0, 0.05) is 0 Å². The zero-order chi connectivity index (χ0) is 19.6. The van der Waals surface area contributed by atoms with Crippen molar-refractivity contribution in [2.24, 2.45) is 0 Å². The first kappa shape index (κ1) is 18.3. The molecule has 1 heterocycles. The van der Waals surface area contributed by atoms with Crippen molar-refractivity contribution in [2.45, 2.75) is 6.42 Å². The van der Waals surface area contributed by atoms with Crippen LogP contribution in [0.5, 0.6) is 17.2 Å². The van der Waals surface area contributed by atoms with Crippen LogP contribution in [0, 0.1) is 10.1 Å². The van der Waals surface area contributed by atoms with Crippen LogP contribution < -0.4 is 15.1 Å². The van der Waals surface area contributed by atoms with Crippen LogP contribution in [0.2, 0.25) is 0 Å². The number of H-pyrrole nitrogens is 1. The summed E-state index contributed by atoms with van der Waals surface area (Å²) in [7, 11) is 4.60. The Morgan fingerprint density at radius 2 is 1.89 bits per heavy atom. The van der Waals surface area contributed by atoms with Crippen LogP contribution >= 0.6 is 0 Å². The van der Waals surface area contributed by atoms with E-state index in [1.807, 2.05) is 7.85 Å². The van der Waals surface area contributed by atoms with Gasteiger partial charge in [-0.3, -0.25) is 14.9 Å². The number of ether oxygens (including phenoxy) is 3. The molecule has 0 bridgehead atoms. The van der Waals surface area contributed by atoms with Crippen molar-refractivity contribution in [3.8, 4) is 17.2 Å². The molecule has 0 saturated carbocycles. The molecule has 8 nitrogen and oxygen atoms in total. The largest absolute Gasteiger partial charge is 0.493 e. The van der Waals surface area contributed by atoms with Crippen LogP contribution in [0.4, 0.5) is 5.69 Å². The van der Waals surface area contributed by atoms with Gasteiger partial charge < -0.3 is 19.2 Å². The predicted molar refractivity (Wildman–Crippen MR) is 102 cm³/mol. The lowest BCUT2D eigenvalue weighted by molar-refractivity contribution is -0.383. The van der Waals surface area contributed by atoms with Gasteiger partial charge in [0.05, 0.1) is 36.5 Å². The minimum Gasteiger partial charge on any atom is -0.493 e. The normalized spacial score (nSPS) is 10.6. The zero-order valence-electron chi connectivity index (χ0n) is 15.1. The van der Waals surface area contributed by atoms with Gasteiger partial charge in [-0.05, 0) is 41.5 Å². The minimum absolute atomic E-state index is 0.0852. The number of nitrogens with zero attached hydrogens (tertiary/aromatic N) is 1. The number of rotatable bonds is 6. The lowest BCUT2D eigenvalue weighted by atomic mass is 10.1. The Bertz CT molecular complexity index is 1030. The van der Waals surface area contributed by atoms with Gasteiger partial charge in [0.25, 0.3) is 0 Å². The van der Waals surface area contributed by atoms with Crippen molar-refractivity contribution in [2.75, 3.05) is 14.2 Å². The topological polar surface area (TPSA) is 104 Å². The number of fused-ring (bicyclic) bond motifs is 1. The molecular formula is C18H17BN2O6. The second kappa shape index (κ2) is 7.41. The van der Waals surface area contributed by atoms with Gasteiger partial charge in [0.2, 0.25) is 5.75 Å². The number of nitrogens with one attached hydrogen (secondary N) is 1. The number of aromatic amines is 1. The van der Waals surface area contributed by atoms with Crippen molar-refractivity contribution in [3.63, 3.8) is 0 Å². The molecule has 2 aromatic carbocycles. The number of nitro groups is 1. The second-order valence-corrected chi connectivity index (χ2v) is 5.92. The van der Waals surface area contributed by atoms with Crippen molar-refractivity contribution in [1.29, 1.82) is 0 Å². The Hall–Kier alpha value is -3.49. The summed E-state index contributed by atoms with van der Waals surface area (Å²) in [5.41, 5.74) is 2.02. The average molecular weight is 368 g/mol. The Morgan fingerprint density at radius 3 is 2.56 bits per heavy atom. The highest BCUT2D eigenvalue weighted by Gasteiger charge is 2.23. The zero-order valence-corrected chi connectivity index (χ0v) is 15.1. The maximum atomic E-state index is 11.6. The molecule has 0 fully saturated rings. The molecule has 3 aromatic rings. The summed E-state index contributed by atoms with van der Waals surface area (Å²) in [5, 5.41) is 12.1. The van der Waals surface area contributed by atoms with Crippen molar-refractivity contribution >= 4 is 36.0 Å². The third-order valence-corrected chi connectivity index (χ3v) is 4.08. The number of carbonyl (C=O) groups excluding carboxylic acids is 1. The van der Waals surface area contributed by atoms with Gasteiger partial charge in [-0.1, -0.05) is 6.07 Å². The van der Waals surface area contributed by atoms with Crippen molar-refractivity contribution < 1.29 is 23.9 Å². The Morgan fingerprint density at radius 1 is 1.15 bits per heavy atom. The molecule has 0 unspecified atom stereocenters. The molecule has 3 rings (SSSR count). The average Bonchev–Trinajstić information content (AvgIpc) is 3.02. The summed E-state index contributed by atoms with van der Waals surface area (Å²) >= 11 is 0. The molecule has 0 radical (unpaired) electrons. The van der Waals surface area contributed by atoms with E-state index < -0.39 is 4.92 Å². The Balaban J connectivity index is 2.00. The number of hydrogen-bond acceptors (Lipinski definition) is 6. The van der Waals surface area contributed by atoms with E-state index in [4.69, 9.17) is 9.47 Å². The lowest BCUT2D eigenvalue weighted by Gasteiger charge is -2.12. The van der Waals surface area contributed by atoms with Crippen LogP contribution in [0.15, 0.2) is 36.4 Å². The number of aromatic nitrogens is 1. The molecular weight excluding hydrogens is 351 g/mol. The minimum atomic E-state index is -0.469. The number of carbonyl (C=O) groups is 1. The summed E-state index contributed by atoms with van der Waals surface area (Å²) in [4.78, 5) is 25.7. The molecule has 0 atom stereocenters. The maximum Gasteiger partial charge on any atom is 0.320 e. The van der Waals surface area contributed by atoms with Crippen molar-refractivity contribution in [3.05, 3.63) is 52.1 Å². The van der Waals surface area contributed by atoms with E-state index in [9.17, 15) is 14.9 Å². The summed E-state index contributed by atoms with van der Waals surface area (Å²) in [6.45, 7) is 0. The molecule has 0 aliphatic heterocycles. The SMILES string of the molecule is Bc1cc2c([N+](=O)[O-])c(Oc3ccc(CC(=O)OC)cc3OC)ccc2[nH]1. The van der Waals surface area contributed by atoms with Crippen molar-refractivity contribution in [1.82, 2.24) is 4.98 Å². The second-order valence-electron chi connectivity index (χ2n) is 5.92. The smallest absolute Gasteiger partial charge is 0.320 e. The van der Waals surface area contributed by atoms with E-state index in [0.29, 0.717) is 28.0 Å². The number of esters is 1. The lowest BCUT2D eigenvalue weighted by Crippen LogP contribution is -2.04. The summed E-state index contributed by atoms with van der Waals surface area (Å²) in [5.74, 6) is 0.386. The van der Waals surface area contributed by atoms with E-state index in [2.05, 4.69) is 9.72 Å². The molecule has 138 valence electrons. The molecule has 0 amide bonds. The van der Waals surface area contributed by atoms with E-state index in [-0.39, 0.29) is 23.8 Å². The molecule has 0 saturated heterocycles. The maximum absolute atomic E-state index is 11.6. The predicted octanol–water partition coefficient (Wildman–Crippen LogP) is 1.85. The first-order valence-corrected chi connectivity index (χ1v) is 8.11. The molecule has 0 spiro atoms. The number of nitro benzene ring substituents is 1. The van der Waals surface area contributed by atoms with Crippen LogP contribution in [0.1, 0.15) is 5.56 Å². The number of hydrogen-bond donors (Lipinski definition) is 1. The fourth-order valence-corrected chi connectivity index (χ4v) is 2.84. The molecule has 1 N–H and O–H groups in total. The molecule has 27 heavy (non-hydrogen) atoms. The number of methoxy groups -OCH3 is 2. The van der Waals surface area contributed by atoms with Gasteiger partial charge in [0.15, 0.2) is 19.3 Å². The van der Waals surface area contributed by atoms with Gasteiger partial charge >= 0.3 is 11.7 Å². The van der Waals surface area contributed by atoms with E-state index in [1.54, 1.807) is 30.3 Å². The molecule has 0 aliphatic rings. The standard InChI is InChI=1S/C18H17BN2O6/c1-25-15-7-10(8-17(22)26-2)3-5-13(15)27-14-6-4-12-11(9-16(19)20-12)18(14)21(23)24/h3-7,9,20H,8,19H2,1-2H3. The van der Waals surface area contributed by atoms with Gasteiger partial charge in [-0.2, -0.15) is 0 Å².